The molecule has 0 aliphatic carbocycles. The number of carbonyl (C=O) groups excluding carboxylic acids is 1. The minimum Gasteiger partial charge on any atom is -0.393 e. The van der Waals surface area contributed by atoms with Gasteiger partial charge in [0, 0.05) is 38.2 Å². The van der Waals surface area contributed by atoms with Crippen LogP contribution >= 0.6 is 0 Å². The number of aliphatic hydroxyl groups is 1. The molecule has 28 heavy (non-hydrogen) atoms. The van der Waals surface area contributed by atoms with Crippen molar-refractivity contribution in [3.8, 4) is 0 Å². The summed E-state index contributed by atoms with van der Waals surface area (Å²) in [6, 6.07) is 8.40. The second kappa shape index (κ2) is 8.41. The first-order valence-corrected chi connectivity index (χ1v) is 9.99. The first-order valence-electron chi connectivity index (χ1n) is 9.99. The quantitative estimate of drug-likeness (QED) is 0.874. The Morgan fingerprint density at radius 3 is 2.68 bits per heavy atom. The predicted octanol–water partition coefficient (Wildman–Crippen LogP) is 2.79. The SMILES string of the molecule is O=C(c1cc([C@@H]2CCCN(Cc3ccc(F)cc3)C2)no1)N1CCC(O)CC1. The molecule has 2 aliphatic rings. The first-order chi connectivity index (χ1) is 13.6. The lowest BCUT2D eigenvalue weighted by atomic mass is 9.94. The van der Waals surface area contributed by atoms with Crippen molar-refractivity contribution in [2.24, 2.45) is 0 Å². The fourth-order valence-electron chi connectivity index (χ4n) is 4.10. The molecule has 4 rings (SSSR count). The van der Waals surface area contributed by atoms with E-state index in [2.05, 4.69) is 10.1 Å². The second-order valence-corrected chi connectivity index (χ2v) is 7.84. The van der Waals surface area contributed by atoms with Gasteiger partial charge in [0.1, 0.15) is 5.82 Å². The molecule has 1 amide bonds. The smallest absolute Gasteiger partial charge is 0.292 e. The molecule has 0 bridgehead atoms. The van der Waals surface area contributed by atoms with E-state index in [0.29, 0.717) is 25.9 Å². The Labute approximate surface area is 163 Å². The van der Waals surface area contributed by atoms with Gasteiger partial charge in [-0.2, -0.15) is 0 Å². The summed E-state index contributed by atoms with van der Waals surface area (Å²) in [7, 11) is 0. The number of hydrogen-bond donors (Lipinski definition) is 1. The summed E-state index contributed by atoms with van der Waals surface area (Å²) in [5.41, 5.74) is 1.91. The molecule has 1 aromatic heterocycles. The Morgan fingerprint density at radius 1 is 1.18 bits per heavy atom. The van der Waals surface area contributed by atoms with Crippen LogP contribution in [0.4, 0.5) is 4.39 Å². The average molecular weight is 387 g/mol. The van der Waals surface area contributed by atoms with E-state index >= 15 is 0 Å². The molecule has 0 unspecified atom stereocenters. The first kappa shape index (κ1) is 19.1. The number of likely N-dealkylation sites (tertiary alicyclic amines) is 2. The predicted molar refractivity (Wildman–Crippen MR) is 101 cm³/mol. The number of rotatable bonds is 4. The summed E-state index contributed by atoms with van der Waals surface area (Å²) in [6.07, 6.45) is 2.95. The number of hydrogen-bond acceptors (Lipinski definition) is 5. The van der Waals surface area contributed by atoms with Crippen molar-refractivity contribution >= 4 is 5.91 Å². The van der Waals surface area contributed by atoms with E-state index in [1.54, 1.807) is 11.0 Å². The van der Waals surface area contributed by atoms with Crippen molar-refractivity contribution in [2.45, 2.75) is 44.2 Å². The highest BCUT2D eigenvalue weighted by Gasteiger charge is 2.28. The van der Waals surface area contributed by atoms with Crippen molar-refractivity contribution in [1.29, 1.82) is 0 Å². The third-order valence-electron chi connectivity index (χ3n) is 5.73. The normalized spacial score (nSPS) is 21.8. The number of piperidine rings is 2. The number of carbonyl (C=O) groups is 1. The van der Waals surface area contributed by atoms with E-state index in [1.807, 2.05) is 12.1 Å². The van der Waals surface area contributed by atoms with Crippen LogP contribution in [-0.4, -0.2) is 58.3 Å². The highest BCUT2D eigenvalue weighted by Crippen LogP contribution is 2.28. The zero-order valence-corrected chi connectivity index (χ0v) is 15.9. The molecule has 0 spiro atoms. The molecule has 7 heteroatoms. The zero-order valence-electron chi connectivity index (χ0n) is 15.9. The number of amides is 1. The number of benzene rings is 1. The molecule has 2 saturated heterocycles. The molecule has 2 aliphatic heterocycles. The molecule has 150 valence electrons. The molecule has 2 aromatic rings. The number of aliphatic hydroxyl groups excluding tert-OH is 1. The summed E-state index contributed by atoms with van der Waals surface area (Å²) in [6.45, 7) is 3.70. The number of aromatic nitrogens is 1. The van der Waals surface area contributed by atoms with E-state index in [4.69, 9.17) is 4.52 Å². The highest BCUT2D eigenvalue weighted by atomic mass is 19.1. The van der Waals surface area contributed by atoms with E-state index in [1.165, 1.54) is 12.1 Å². The van der Waals surface area contributed by atoms with Gasteiger partial charge in [-0.3, -0.25) is 9.69 Å². The van der Waals surface area contributed by atoms with Crippen molar-refractivity contribution in [1.82, 2.24) is 15.0 Å². The van der Waals surface area contributed by atoms with Crippen LogP contribution < -0.4 is 0 Å². The largest absolute Gasteiger partial charge is 0.393 e. The molecule has 1 atom stereocenters. The molecule has 0 saturated carbocycles. The molecule has 0 radical (unpaired) electrons. The van der Waals surface area contributed by atoms with Crippen LogP contribution in [0.25, 0.3) is 0 Å². The van der Waals surface area contributed by atoms with E-state index in [-0.39, 0.29) is 29.5 Å². The lowest BCUT2D eigenvalue weighted by Gasteiger charge is -2.31. The fourth-order valence-corrected chi connectivity index (χ4v) is 4.10. The fraction of sp³-hybridized carbons (Fsp3) is 0.524. The Kier molecular flexibility index (Phi) is 5.73. The number of halogens is 1. The van der Waals surface area contributed by atoms with Gasteiger partial charge < -0.3 is 14.5 Å². The van der Waals surface area contributed by atoms with Crippen LogP contribution in [0.5, 0.6) is 0 Å². The highest BCUT2D eigenvalue weighted by molar-refractivity contribution is 5.91. The third-order valence-corrected chi connectivity index (χ3v) is 5.73. The van der Waals surface area contributed by atoms with Crippen molar-refractivity contribution in [3.05, 3.63) is 53.2 Å². The monoisotopic (exact) mass is 387 g/mol. The zero-order chi connectivity index (χ0) is 19.5. The van der Waals surface area contributed by atoms with E-state index < -0.39 is 0 Å². The topological polar surface area (TPSA) is 69.8 Å². The lowest BCUT2D eigenvalue weighted by molar-refractivity contribution is 0.0512. The summed E-state index contributed by atoms with van der Waals surface area (Å²) in [5.74, 6) is 0.137. The minimum absolute atomic E-state index is 0.148. The van der Waals surface area contributed by atoms with Gasteiger partial charge in [0.05, 0.1) is 11.8 Å². The number of nitrogens with zero attached hydrogens (tertiary/aromatic N) is 3. The van der Waals surface area contributed by atoms with Gasteiger partial charge in [-0.05, 0) is 49.9 Å². The Morgan fingerprint density at radius 2 is 1.93 bits per heavy atom. The molecular formula is C21H26FN3O3. The van der Waals surface area contributed by atoms with Crippen LogP contribution in [0.3, 0.4) is 0 Å². The average Bonchev–Trinajstić information content (AvgIpc) is 3.20. The van der Waals surface area contributed by atoms with Gasteiger partial charge in [-0.15, -0.1) is 0 Å². The van der Waals surface area contributed by atoms with Gasteiger partial charge in [-0.25, -0.2) is 4.39 Å². The molecular weight excluding hydrogens is 361 g/mol. The summed E-state index contributed by atoms with van der Waals surface area (Å²) in [4.78, 5) is 16.7. The maximum absolute atomic E-state index is 13.1. The maximum atomic E-state index is 13.1. The molecule has 6 nitrogen and oxygen atoms in total. The molecule has 2 fully saturated rings. The molecule has 1 aromatic carbocycles. The van der Waals surface area contributed by atoms with Crippen LogP contribution in [-0.2, 0) is 6.54 Å². The second-order valence-electron chi connectivity index (χ2n) is 7.84. The minimum atomic E-state index is -0.316. The Hall–Kier alpha value is -2.25. The standard InChI is InChI=1S/C21H26FN3O3/c22-17-5-3-15(4-6-17)13-24-9-1-2-16(14-24)19-12-20(28-23-19)21(27)25-10-7-18(26)8-11-25/h3-6,12,16,18,26H,1-2,7-11,13-14H2/t16-/m1/s1. The third kappa shape index (κ3) is 4.42. The van der Waals surface area contributed by atoms with E-state index in [9.17, 15) is 14.3 Å². The lowest BCUT2D eigenvalue weighted by Crippen LogP contribution is -2.39. The van der Waals surface area contributed by atoms with Crippen molar-refractivity contribution in [2.75, 3.05) is 26.2 Å². The van der Waals surface area contributed by atoms with Crippen molar-refractivity contribution < 1.29 is 18.8 Å². The van der Waals surface area contributed by atoms with Crippen LogP contribution in [0.2, 0.25) is 0 Å². The molecule has 1 N–H and O–H groups in total. The summed E-state index contributed by atoms with van der Waals surface area (Å²) >= 11 is 0. The van der Waals surface area contributed by atoms with Crippen LogP contribution in [0.15, 0.2) is 34.9 Å². The molecule has 3 heterocycles. The van der Waals surface area contributed by atoms with Gasteiger partial charge in [0.2, 0.25) is 5.76 Å². The van der Waals surface area contributed by atoms with Gasteiger partial charge in [0.25, 0.3) is 5.91 Å². The van der Waals surface area contributed by atoms with Crippen LogP contribution in [0, 0.1) is 5.82 Å². The van der Waals surface area contributed by atoms with E-state index in [0.717, 1.165) is 43.7 Å². The summed E-state index contributed by atoms with van der Waals surface area (Å²) in [5, 5.41) is 13.8. The van der Waals surface area contributed by atoms with Gasteiger partial charge in [0.15, 0.2) is 0 Å². The summed E-state index contributed by atoms with van der Waals surface area (Å²) < 4.78 is 18.5. The maximum Gasteiger partial charge on any atom is 0.292 e. The van der Waals surface area contributed by atoms with Crippen LogP contribution in [0.1, 0.15) is 53.4 Å². The van der Waals surface area contributed by atoms with Crippen molar-refractivity contribution in [3.63, 3.8) is 0 Å². The van der Waals surface area contributed by atoms with Gasteiger partial charge in [-0.1, -0.05) is 17.3 Å². The van der Waals surface area contributed by atoms with Gasteiger partial charge >= 0.3 is 0 Å². The Balaban J connectivity index is 1.37. The Bertz CT molecular complexity index is 799.